The van der Waals surface area contributed by atoms with E-state index in [0.717, 1.165) is 21.3 Å². The van der Waals surface area contributed by atoms with Gasteiger partial charge in [0, 0.05) is 13.2 Å². The van der Waals surface area contributed by atoms with Crippen LogP contribution in [0.25, 0.3) is 10.2 Å². The van der Waals surface area contributed by atoms with Gasteiger partial charge >= 0.3 is 0 Å². The summed E-state index contributed by atoms with van der Waals surface area (Å²) in [5.41, 5.74) is 3.23. The molecular weight excluding hydrogens is 436 g/mol. The summed E-state index contributed by atoms with van der Waals surface area (Å²) >= 11 is 1.37. The average molecular weight is 463 g/mol. The Hall–Kier alpha value is -2.49. The van der Waals surface area contributed by atoms with Crippen molar-refractivity contribution in [3.05, 3.63) is 52.3 Å². The Kier molecular flexibility index (Phi) is 7.30. The van der Waals surface area contributed by atoms with Gasteiger partial charge in [-0.3, -0.25) is 4.79 Å². The van der Waals surface area contributed by atoms with E-state index in [1.54, 1.807) is 12.1 Å². The first-order valence-electron chi connectivity index (χ1n) is 9.88. The van der Waals surface area contributed by atoms with Crippen molar-refractivity contribution in [1.82, 2.24) is 4.57 Å². The zero-order chi connectivity index (χ0) is 22.6. The van der Waals surface area contributed by atoms with Crippen LogP contribution in [0.4, 0.5) is 0 Å². The molecule has 0 aliphatic rings. The van der Waals surface area contributed by atoms with Crippen LogP contribution in [-0.2, 0) is 25.9 Å². The second kappa shape index (κ2) is 9.76. The van der Waals surface area contributed by atoms with E-state index in [1.165, 1.54) is 30.6 Å². The lowest BCUT2D eigenvalue weighted by Gasteiger charge is -2.07. The Morgan fingerprint density at radius 3 is 2.45 bits per heavy atom. The maximum Gasteiger partial charge on any atom is 0.263 e. The maximum absolute atomic E-state index is 12.6. The average Bonchev–Trinajstić information content (AvgIpc) is 3.04. The SMILES string of the molecule is CCOCCn1c(=NC(=O)CS(=O)(=O)c2ccc(OC)cc2)sc2cc(C)c(C)cc21. The molecule has 0 aliphatic carbocycles. The Bertz CT molecular complexity index is 1260. The van der Waals surface area contributed by atoms with E-state index in [4.69, 9.17) is 9.47 Å². The predicted molar refractivity (Wildman–Crippen MR) is 121 cm³/mol. The summed E-state index contributed by atoms with van der Waals surface area (Å²) in [6.45, 7) is 7.56. The summed E-state index contributed by atoms with van der Waals surface area (Å²) in [5, 5.41) is 0. The molecule has 0 radical (unpaired) electrons. The lowest BCUT2D eigenvalue weighted by Crippen LogP contribution is -2.22. The lowest BCUT2D eigenvalue weighted by molar-refractivity contribution is -0.115. The number of amides is 1. The number of thiazole rings is 1. The number of hydrogen-bond donors (Lipinski definition) is 0. The number of aromatic nitrogens is 1. The number of carbonyl (C=O) groups excluding carboxylic acids is 1. The van der Waals surface area contributed by atoms with Crippen molar-refractivity contribution in [3.63, 3.8) is 0 Å². The molecule has 0 saturated heterocycles. The van der Waals surface area contributed by atoms with Gasteiger partial charge in [-0.25, -0.2) is 8.42 Å². The van der Waals surface area contributed by atoms with Crippen molar-refractivity contribution >= 4 is 37.3 Å². The van der Waals surface area contributed by atoms with Crippen molar-refractivity contribution in [3.8, 4) is 5.75 Å². The van der Waals surface area contributed by atoms with Gasteiger partial charge in [0.2, 0.25) is 0 Å². The molecule has 0 saturated carbocycles. The van der Waals surface area contributed by atoms with Gasteiger partial charge in [0.05, 0.1) is 28.8 Å². The lowest BCUT2D eigenvalue weighted by atomic mass is 10.1. The van der Waals surface area contributed by atoms with Crippen molar-refractivity contribution in [2.75, 3.05) is 26.1 Å². The first kappa shape index (κ1) is 23.2. The molecule has 2 aromatic carbocycles. The Labute approximate surface area is 185 Å². The highest BCUT2D eigenvalue weighted by Crippen LogP contribution is 2.22. The largest absolute Gasteiger partial charge is 0.497 e. The Morgan fingerprint density at radius 2 is 1.81 bits per heavy atom. The fourth-order valence-corrected chi connectivity index (χ4v) is 5.35. The van der Waals surface area contributed by atoms with Crippen LogP contribution in [0.15, 0.2) is 46.3 Å². The highest BCUT2D eigenvalue weighted by atomic mass is 32.2. The molecule has 31 heavy (non-hydrogen) atoms. The molecule has 9 heteroatoms. The number of carbonyl (C=O) groups is 1. The quantitative estimate of drug-likeness (QED) is 0.480. The minimum Gasteiger partial charge on any atom is -0.497 e. The molecular formula is C22H26N2O5S2. The van der Waals surface area contributed by atoms with Crippen LogP contribution in [0.5, 0.6) is 5.75 Å². The second-order valence-corrected chi connectivity index (χ2v) is 10.1. The molecule has 0 unspecified atom stereocenters. The molecule has 0 N–H and O–H groups in total. The summed E-state index contributed by atoms with van der Waals surface area (Å²) in [5.74, 6) is -0.862. The molecule has 1 amide bonds. The standard InChI is InChI=1S/C22H26N2O5S2/c1-5-29-11-10-24-19-12-15(2)16(3)13-20(19)30-22(24)23-21(25)14-31(26,27)18-8-6-17(28-4)7-9-18/h6-9,12-13H,5,10-11,14H2,1-4H3. The molecule has 7 nitrogen and oxygen atoms in total. The number of benzene rings is 2. The topological polar surface area (TPSA) is 87.0 Å². The van der Waals surface area contributed by atoms with E-state index in [0.29, 0.717) is 30.3 Å². The Morgan fingerprint density at radius 1 is 1.13 bits per heavy atom. The highest BCUT2D eigenvalue weighted by molar-refractivity contribution is 7.92. The van der Waals surface area contributed by atoms with Crippen LogP contribution in [0.1, 0.15) is 18.1 Å². The van der Waals surface area contributed by atoms with E-state index in [2.05, 4.69) is 17.1 Å². The molecule has 3 aromatic rings. The normalized spacial score (nSPS) is 12.5. The zero-order valence-electron chi connectivity index (χ0n) is 18.0. The van der Waals surface area contributed by atoms with E-state index in [9.17, 15) is 13.2 Å². The third-order valence-electron chi connectivity index (χ3n) is 4.91. The highest BCUT2D eigenvalue weighted by Gasteiger charge is 2.20. The number of nitrogens with zero attached hydrogens (tertiary/aromatic N) is 2. The van der Waals surface area contributed by atoms with Crippen molar-refractivity contribution < 1.29 is 22.7 Å². The smallest absolute Gasteiger partial charge is 0.263 e. The van der Waals surface area contributed by atoms with Gasteiger partial charge < -0.3 is 14.0 Å². The van der Waals surface area contributed by atoms with E-state index in [1.807, 2.05) is 25.3 Å². The number of sulfone groups is 1. The van der Waals surface area contributed by atoms with Gasteiger partial charge in [0.15, 0.2) is 14.6 Å². The molecule has 3 rings (SSSR count). The summed E-state index contributed by atoms with van der Waals surface area (Å²) in [4.78, 5) is 17.3. The molecule has 1 aromatic heterocycles. The second-order valence-electron chi connectivity index (χ2n) is 7.08. The molecule has 0 spiro atoms. The van der Waals surface area contributed by atoms with Crippen LogP contribution >= 0.6 is 11.3 Å². The molecule has 0 fully saturated rings. The zero-order valence-corrected chi connectivity index (χ0v) is 19.7. The number of aryl methyl sites for hydroxylation is 2. The first-order chi connectivity index (χ1) is 14.7. The molecule has 166 valence electrons. The number of ether oxygens (including phenoxy) is 2. The summed E-state index contributed by atoms with van der Waals surface area (Å²) in [6, 6.07) is 10.1. The first-order valence-corrected chi connectivity index (χ1v) is 12.3. The van der Waals surface area contributed by atoms with Crippen LogP contribution < -0.4 is 9.54 Å². The molecule has 0 bridgehead atoms. The van der Waals surface area contributed by atoms with Gasteiger partial charge in [0.1, 0.15) is 11.5 Å². The van der Waals surface area contributed by atoms with Gasteiger partial charge in [0.25, 0.3) is 5.91 Å². The molecule has 0 atom stereocenters. The maximum atomic E-state index is 12.6. The van der Waals surface area contributed by atoms with Crippen molar-refractivity contribution in [1.29, 1.82) is 0 Å². The molecule has 1 heterocycles. The van der Waals surface area contributed by atoms with Gasteiger partial charge in [-0.1, -0.05) is 11.3 Å². The van der Waals surface area contributed by atoms with E-state index in [-0.39, 0.29) is 4.90 Å². The Balaban J connectivity index is 1.95. The fraction of sp³-hybridized carbons (Fsp3) is 0.364. The van der Waals surface area contributed by atoms with Gasteiger partial charge in [-0.15, -0.1) is 0 Å². The van der Waals surface area contributed by atoms with Crippen molar-refractivity contribution in [2.45, 2.75) is 32.2 Å². The number of hydrogen-bond acceptors (Lipinski definition) is 6. The third-order valence-corrected chi connectivity index (χ3v) is 7.57. The van der Waals surface area contributed by atoms with Crippen LogP contribution in [0.3, 0.4) is 0 Å². The van der Waals surface area contributed by atoms with Crippen LogP contribution in [-0.4, -0.2) is 45.0 Å². The van der Waals surface area contributed by atoms with Crippen LogP contribution in [0, 0.1) is 13.8 Å². The van der Waals surface area contributed by atoms with Crippen molar-refractivity contribution in [2.24, 2.45) is 4.99 Å². The predicted octanol–water partition coefficient (Wildman–Crippen LogP) is 3.27. The van der Waals surface area contributed by atoms with E-state index >= 15 is 0 Å². The number of methoxy groups -OCH3 is 1. The third kappa shape index (κ3) is 5.41. The van der Waals surface area contributed by atoms with E-state index < -0.39 is 21.5 Å². The minimum absolute atomic E-state index is 0.0589. The van der Waals surface area contributed by atoms with Crippen LogP contribution in [0.2, 0.25) is 0 Å². The number of rotatable bonds is 8. The van der Waals surface area contributed by atoms with Gasteiger partial charge in [-0.05, 0) is 68.3 Å². The monoisotopic (exact) mass is 462 g/mol. The van der Waals surface area contributed by atoms with Gasteiger partial charge in [-0.2, -0.15) is 4.99 Å². The summed E-state index contributed by atoms with van der Waals surface area (Å²) in [7, 11) is -2.31. The number of fused-ring (bicyclic) bond motifs is 1. The molecule has 0 aliphatic heterocycles. The summed E-state index contributed by atoms with van der Waals surface area (Å²) in [6.07, 6.45) is 0. The fourth-order valence-electron chi connectivity index (χ4n) is 3.09. The minimum atomic E-state index is -3.81. The summed E-state index contributed by atoms with van der Waals surface area (Å²) < 4.78 is 38.7.